The normalized spacial score (nSPS) is 17.6. The van der Waals surface area contributed by atoms with Crippen molar-refractivity contribution < 1.29 is 9.90 Å². The van der Waals surface area contributed by atoms with Gasteiger partial charge in [-0.25, -0.2) is 4.79 Å². The maximum atomic E-state index is 10.8. The van der Waals surface area contributed by atoms with Crippen LogP contribution in [0.3, 0.4) is 0 Å². The molecule has 0 amide bonds. The van der Waals surface area contributed by atoms with E-state index in [0.29, 0.717) is 5.56 Å². The molecule has 0 aromatic heterocycles. The second kappa shape index (κ2) is 5.61. The maximum Gasteiger partial charge on any atom is 0.335 e. The van der Waals surface area contributed by atoms with Gasteiger partial charge < -0.3 is 15.3 Å². The number of aromatic carboxylic acids is 1. The molecule has 0 aliphatic heterocycles. The van der Waals surface area contributed by atoms with Crippen LogP contribution in [0.4, 0.5) is 5.69 Å². The van der Waals surface area contributed by atoms with Gasteiger partial charge in [0.1, 0.15) is 0 Å². The fourth-order valence-corrected chi connectivity index (χ4v) is 2.81. The molecular formula is C15H22N2O2. The summed E-state index contributed by atoms with van der Waals surface area (Å²) in [5.74, 6) is -0.882. The molecule has 104 valence electrons. The van der Waals surface area contributed by atoms with Gasteiger partial charge in [0.25, 0.3) is 0 Å². The fourth-order valence-electron chi connectivity index (χ4n) is 2.81. The Kier molecular flexibility index (Phi) is 4.10. The zero-order valence-corrected chi connectivity index (χ0v) is 11.6. The first-order chi connectivity index (χ1) is 9.03. The molecule has 0 spiro atoms. The van der Waals surface area contributed by atoms with Gasteiger partial charge in [0, 0.05) is 17.8 Å². The maximum absolute atomic E-state index is 10.8. The number of nitrogens with zero attached hydrogens (tertiary/aromatic N) is 1. The number of nitrogens with one attached hydrogen (secondary N) is 1. The lowest BCUT2D eigenvalue weighted by Crippen LogP contribution is -2.47. The molecule has 1 aromatic carbocycles. The number of anilines is 1. The van der Waals surface area contributed by atoms with Crippen LogP contribution in [0.2, 0.25) is 0 Å². The zero-order chi connectivity index (χ0) is 13.9. The SMILES string of the molecule is CN(C)C1(CNc2ccc(C(=O)O)cc2)CCCC1. The molecule has 4 nitrogen and oxygen atoms in total. The summed E-state index contributed by atoms with van der Waals surface area (Å²) in [6.07, 6.45) is 5.02. The predicted octanol–water partition coefficient (Wildman–Crippen LogP) is 2.67. The van der Waals surface area contributed by atoms with Crippen LogP contribution in [0.15, 0.2) is 24.3 Å². The smallest absolute Gasteiger partial charge is 0.335 e. The third-order valence-electron chi connectivity index (χ3n) is 4.24. The van der Waals surface area contributed by atoms with E-state index in [1.807, 2.05) is 12.1 Å². The first-order valence-electron chi connectivity index (χ1n) is 6.78. The molecule has 0 unspecified atom stereocenters. The fraction of sp³-hybridized carbons (Fsp3) is 0.533. The molecule has 1 saturated carbocycles. The Morgan fingerprint density at radius 2 is 1.84 bits per heavy atom. The molecule has 2 N–H and O–H groups in total. The topological polar surface area (TPSA) is 52.6 Å². The standard InChI is InChI=1S/C15H22N2O2/c1-17(2)15(9-3-4-10-15)11-16-13-7-5-12(6-8-13)14(18)19/h5-8,16H,3-4,9-11H2,1-2H3,(H,18,19). The predicted molar refractivity (Wildman–Crippen MR) is 76.8 cm³/mol. The van der Waals surface area contributed by atoms with E-state index in [4.69, 9.17) is 5.11 Å². The van der Waals surface area contributed by atoms with E-state index in [-0.39, 0.29) is 5.54 Å². The molecule has 0 atom stereocenters. The van der Waals surface area contributed by atoms with Crippen molar-refractivity contribution in [3.8, 4) is 0 Å². The molecule has 0 heterocycles. The van der Waals surface area contributed by atoms with Crippen LogP contribution in [-0.2, 0) is 0 Å². The van der Waals surface area contributed by atoms with Crippen molar-refractivity contribution in [3.05, 3.63) is 29.8 Å². The highest BCUT2D eigenvalue weighted by Crippen LogP contribution is 2.33. The molecule has 1 aliphatic rings. The van der Waals surface area contributed by atoms with E-state index < -0.39 is 5.97 Å². The van der Waals surface area contributed by atoms with Crippen LogP contribution in [0.1, 0.15) is 36.0 Å². The van der Waals surface area contributed by atoms with E-state index in [1.165, 1.54) is 25.7 Å². The van der Waals surface area contributed by atoms with Crippen molar-refractivity contribution in [1.82, 2.24) is 4.90 Å². The summed E-state index contributed by atoms with van der Waals surface area (Å²) in [5, 5.41) is 12.3. The Bertz CT molecular complexity index is 434. The number of likely N-dealkylation sites (N-methyl/N-ethyl adjacent to an activating group) is 1. The summed E-state index contributed by atoms with van der Waals surface area (Å²) < 4.78 is 0. The van der Waals surface area contributed by atoms with Crippen molar-refractivity contribution in [1.29, 1.82) is 0 Å². The van der Waals surface area contributed by atoms with Gasteiger partial charge in [0.15, 0.2) is 0 Å². The lowest BCUT2D eigenvalue weighted by molar-refractivity contribution is 0.0697. The van der Waals surface area contributed by atoms with Gasteiger partial charge in [-0.05, 0) is 51.2 Å². The number of hydrogen-bond acceptors (Lipinski definition) is 3. The lowest BCUT2D eigenvalue weighted by atomic mass is 9.96. The molecule has 1 fully saturated rings. The molecule has 19 heavy (non-hydrogen) atoms. The second-order valence-corrected chi connectivity index (χ2v) is 5.56. The quantitative estimate of drug-likeness (QED) is 0.856. The van der Waals surface area contributed by atoms with Crippen LogP contribution in [-0.4, -0.2) is 42.2 Å². The summed E-state index contributed by atoms with van der Waals surface area (Å²) >= 11 is 0. The third kappa shape index (κ3) is 3.07. The monoisotopic (exact) mass is 262 g/mol. The van der Waals surface area contributed by atoms with E-state index in [0.717, 1.165) is 12.2 Å². The summed E-state index contributed by atoms with van der Waals surface area (Å²) in [7, 11) is 4.28. The molecule has 1 aromatic rings. The molecule has 0 bridgehead atoms. The van der Waals surface area contributed by atoms with Crippen molar-refractivity contribution in [2.45, 2.75) is 31.2 Å². The minimum absolute atomic E-state index is 0.242. The van der Waals surface area contributed by atoms with Gasteiger partial charge in [-0.15, -0.1) is 0 Å². The molecular weight excluding hydrogens is 240 g/mol. The van der Waals surface area contributed by atoms with Crippen molar-refractivity contribution >= 4 is 11.7 Å². The van der Waals surface area contributed by atoms with E-state index in [2.05, 4.69) is 24.3 Å². The van der Waals surface area contributed by atoms with Gasteiger partial charge in [0.05, 0.1) is 5.56 Å². The number of carbonyl (C=O) groups is 1. The molecule has 1 aliphatic carbocycles. The Morgan fingerprint density at radius 3 is 2.32 bits per heavy atom. The number of benzene rings is 1. The summed E-state index contributed by atoms with van der Waals surface area (Å²) in [6, 6.07) is 6.95. The molecule has 0 saturated heterocycles. The van der Waals surface area contributed by atoms with Crippen molar-refractivity contribution in [2.75, 3.05) is 26.0 Å². The van der Waals surface area contributed by atoms with E-state index in [9.17, 15) is 4.79 Å². The average Bonchev–Trinajstić information content (AvgIpc) is 2.87. The second-order valence-electron chi connectivity index (χ2n) is 5.56. The summed E-state index contributed by atoms with van der Waals surface area (Å²) in [6.45, 7) is 0.909. The van der Waals surface area contributed by atoms with Crippen LogP contribution in [0, 0.1) is 0 Å². The molecule has 0 radical (unpaired) electrons. The van der Waals surface area contributed by atoms with Crippen LogP contribution in [0.5, 0.6) is 0 Å². The van der Waals surface area contributed by atoms with E-state index in [1.54, 1.807) is 12.1 Å². The Hall–Kier alpha value is -1.55. The number of carboxylic acid groups (broad SMARTS) is 1. The van der Waals surface area contributed by atoms with Crippen LogP contribution < -0.4 is 5.32 Å². The Balaban J connectivity index is 1.99. The number of rotatable bonds is 5. The highest BCUT2D eigenvalue weighted by molar-refractivity contribution is 5.87. The van der Waals surface area contributed by atoms with Gasteiger partial charge in [-0.2, -0.15) is 0 Å². The van der Waals surface area contributed by atoms with Gasteiger partial charge in [-0.1, -0.05) is 12.8 Å². The van der Waals surface area contributed by atoms with Gasteiger partial charge >= 0.3 is 5.97 Å². The number of hydrogen-bond donors (Lipinski definition) is 2. The lowest BCUT2D eigenvalue weighted by Gasteiger charge is -2.36. The minimum atomic E-state index is -0.882. The molecule has 2 rings (SSSR count). The number of carboxylic acids is 1. The van der Waals surface area contributed by atoms with Gasteiger partial charge in [0.2, 0.25) is 0 Å². The van der Waals surface area contributed by atoms with Crippen molar-refractivity contribution in [3.63, 3.8) is 0 Å². The largest absolute Gasteiger partial charge is 0.478 e. The average molecular weight is 262 g/mol. The minimum Gasteiger partial charge on any atom is -0.478 e. The molecule has 4 heteroatoms. The highest BCUT2D eigenvalue weighted by Gasteiger charge is 2.35. The van der Waals surface area contributed by atoms with Crippen LogP contribution >= 0.6 is 0 Å². The Labute approximate surface area is 114 Å². The highest BCUT2D eigenvalue weighted by atomic mass is 16.4. The summed E-state index contributed by atoms with van der Waals surface area (Å²) in [5.41, 5.74) is 1.55. The van der Waals surface area contributed by atoms with E-state index >= 15 is 0 Å². The van der Waals surface area contributed by atoms with Crippen LogP contribution in [0.25, 0.3) is 0 Å². The first-order valence-corrected chi connectivity index (χ1v) is 6.78. The zero-order valence-electron chi connectivity index (χ0n) is 11.6. The third-order valence-corrected chi connectivity index (χ3v) is 4.24. The Morgan fingerprint density at radius 1 is 1.26 bits per heavy atom. The summed E-state index contributed by atoms with van der Waals surface area (Å²) in [4.78, 5) is 13.1. The van der Waals surface area contributed by atoms with Crippen molar-refractivity contribution in [2.24, 2.45) is 0 Å². The van der Waals surface area contributed by atoms with Gasteiger partial charge in [-0.3, -0.25) is 0 Å². The first kappa shape index (κ1) is 13.9.